The van der Waals surface area contributed by atoms with E-state index >= 15 is 0 Å². The van der Waals surface area contributed by atoms with Gasteiger partial charge in [-0.25, -0.2) is 14.3 Å². The van der Waals surface area contributed by atoms with Gasteiger partial charge in [0.25, 0.3) is 0 Å². The highest BCUT2D eigenvalue weighted by Gasteiger charge is 2.38. The Morgan fingerprint density at radius 1 is 1.14 bits per heavy atom. The van der Waals surface area contributed by atoms with E-state index in [0.29, 0.717) is 39.6 Å². The molecule has 2 aromatic carbocycles. The van der Waals surface area contributed by atoms with Crippen LogP contribution in [0.3, 0.4) is 0 Å². The molecule has 1 aliphatic rings. The van der Waals surface area contributed by atoms with Crippen molar-refractivity contribution in [2.24, 2.45) is 5.73 Å². The number of carbonyl (C=O) groups excluding carboxylic acids is 1. The van der Waals surface area contributed by atoms with Crippen molar-refractivity contribution in [1.82, 2.24) is 9.78 Å². The summed E-state index contributed by atoms with van der Waals surface area (Å²) in [4.78, 5) is 23.4. The van der Waals surface area contributed by atoms with Crippen LogP contribution in [0.1, 0.15) is 43.7 Å². The largest absolute Gasteiger partial charge is 0.478 e. The second-order valence-electron chi connectivity index (χ2n) is 8.27. The molecule has 37 heavy (non-hydrogen) atoms. The van der Waals surface area contributed by atoms with E-state index in [1.54, 1.807) is 55.5 Å². The van der Waals surface area contributed by atoms with Crippen molar-refractivity contribution < 1.29 is 28.6 Å². The lowest BCUT2D eigenvalue weighted by Gasteiger charge is -2.23. The molecule has 184 valence electrons. The highest BCUT2D eigenvalue weighted by atomic mass is 16.5. The number of fused-ring (bicyclic) bond motifs is 1. The van der Waals surface area contributed by atoms with E-state index in [1.807, 2.05) is 0 Å². The fourth-order valence-corrected chi connectivity index (χ4v) is 4.32. The van der Waals surface area contributed by atoms with Gasteiger partial charge >= 0.3 is 11.9 Å². The third-order valence-corrected chi connectivity index (χ3v) is 6.05. The van der Waals surface area contributed by atoms with Crippen molar-refractivity contribution >= 4 is 11.9 Å². The number of nitrogens with two attached hydrogens (primary N) is 1. The molecule has 0 amide bonds. The number of carbonyl (C=O) groups is 2. The predicted octanol–water partition coefficient (Wildman–Crippen LogP) is 4.14. The highest BCUT2D eigenvalue weighted by molar-refractivity contribution is 5.90. The molecule has 0 spiro atoms. The minimum absolute atomic E-state index is 0.0813. The number of carboxylic acids is 1. The fourth-order valence-electron chi connectivity index (χ4n) is 4.32. The zero-order valence-corrected chi connectivity index (χ0v) is 19.8. The highest BCUT2D eigenvalue weighted by Crippen LogP contribution is 2.45. The van der Waals surface area contributed by atoms with Crippen molar-refractivity contribution in [1.29, 1.82) is 5.26 Å². The van der Waals surface area contributed by atoms with E-state index in [2.05, 4.69) is 11.2 Å². The summed E-state index contributed by atoms with van der Waals surface area (Å²) in [6, 6.07) is 18.6. The molecule has 0 radical (unpaired) electrons. The number of carboxylic acid groups (broad SMARTS) is 1. The third-order valence-electron chi connectivity index (χ3n) is 6.05. The van der Waals surface area contributed by atoms with Crippen LogP contribution in [0.5, 0.6) is 5.88 Å². The molecule has 5 rings (SSSR count). The summed E-state index contributed by atoms with van der Waals surface area (Å²) in [7, 11) is 1.31. The second kappa shape index (κ2) is 9.05. The third kappa shape index (κ3) is 3.98. The van der Waals surface area contributed by atoms with E-state index in [4.69, 9.17) is 19.6 Å². The topological polar surface area (TPSA) is 154 Å². The van der Waals surface area contributed by atoms with Gasteiger partial charge in [-0.05, 0) is 49.4 Å². The number of furan rings is 1. The number of nitrogens with zero attached hydrogens (tertiary/aromatic N) is 3. The first-order chi connectivity index (χ1) is 17.8. The van der Waals surface area contributed by atoms with Gasteiger partial charge < -0.3 is 24.7 Å². The van der Waals surface area contributed by atoms with E-state index in [-0.39, 0.29) is 22.9 Å². The predicted molar refractivity (Wildman–Crippen MR) is 130 cm³/mol. The van der Waals surface area contributed by atoms with Gasteiger partial charge in [-0.3, -0.25) is 0 Å². The zero-order valence-electron chi connectivity index (χ0n) is 19.8. The van der Waals surface area contributed by atoms with Crippen molar-refractivity contribution in [2.45, 2.75) is 12.8 Å². The van der Waals surface area contributed by atoms with Crippen LogP contribution in [-0.4, -0.2) is 33.9 Å². The quantitative estimate of drug-likeness (QED) is 0.388. The molecule has 0 aliphatic carbocycles. The monoisotopic (exact) mass is 496 g/mol. The molecule has 1 atom stereocenters. The average Bonchev–Trinajstić information content (AvgIpc) is 3.52. The summed E-state index contributed by atoms with van der Waals surface area (Å²) in [5, 5.41) is 23.9. The van der Waals surface area contributed by atoms with E-state index in [1.165, 1.54) is 23.9 Å². The first kappa shape index (κ1) is 23.4. The van der Waals surface area contributed by atoms with Gasteiger partial charge in [-0.15, -0.1) is 0 Å². The molecule has 0 saturated heterocycles. The molecule has 10 heteroatoms. The average molecular weight is 496 g/mol. The minimum Gasteiger partial charge on any atom is -0.478 e. The number of aromatic nitrogens is 2. The number of rotatable bonds is 5. The number of allylic oxidation sites excluding steroid dienone is 1. The molecule has 0 fully saturated rings. The summed E-state index contributed by atoms with van der Waals surface area (Å²) >= 11 is 0. The van der Waals surface area contributed by atoms with Gasteiger partial charge in [-0.1, -0.05) is 18.2 Å². The fraction of sp³-hybridized carbons (Fsp3) is 0.111. The molecule has 0 bridgehead atoms. The lowest BCUT2D eigenvalue weighted by molar-refractivity contribution is 0.0600. The Balaban J connectivity index is 1.62. The normalized spacial score (nSPS) is 14.5. The summed E-state index contributed by atoms with van der Waals surface area (Å²) in [6.45, 7) is 1.76. The lowest BCUT2D eigenvalue weighted by Crippen LogP contribution is -2.21. The van der Waals surface area contributed by atoms with Gasteiger partial charge in [0, 0.05) is 5.56 Å². The van der Waals surface area contributed by atoms with Crippen molar-refractivity contribution in [3.8, 4) is 29.0 Å². The molecule has 0 saturated carbocycles. The Bertz CT molecular complexity index is 1640. The Hall–Kier alpha value is -5.30. The molecule has 2 aromatic heterocycles. The number of aromatic carboxylic acids is 1. The van der Waals surface area contributed by atoms with E-state index < -0.39 is 17.9 Å². The number of aryl methyl sites for hydroxylation is 1. The Morgan fingerprint density at radius 2 is 1.89 bits per heavy atom. The van der Waals surface area contributed by atoms with E-state index in [9.17, 15) is 20.0 Å². The Labute approximate surface area is 210 Å². The Kier molecular flexibility index (Phi) is 5.73. The first-order valence-corrected chi connectivity index (χ1v) is 11.1. The number of benzene rings is 2. The maximum absolute atomic E-state index is 12.0. The molecule has 3 heterocycles. The molecule has 4 aromatic rings. The molecule has 3 N–H and O–H groups in total. The van der Waals surface area contributed by atoms with Gasteiger partial charge in [0.2, 0.25) is 11.8 Å². The SMILES string of the molecule is COC(=O)c1cccc(-c2ccc(C3C(C#N)=C(N)Oc4c3c(C)nn4-c3cccc(C(=O)O)c3)o2)c1. The Morgan fingerprint density at radius 3 is 2.62 bits per heavy atom. The van der Waals surface area contributed by atoms with Gasteiger partial charge in [0.05, 0.1) is 41.1 Å². The van der Waals surface area contributed by atoms with Crippen LogP contribution in [0.4, 0.5) is 0 Å². The second-order valence-corrected chi connectivity index (χ2v) is 8.27. The number of esters is 1. The summed E-state index contributed by atoms with van der Waals surface area (Å²) in [5.41, 5.74) is 8.98. The first-order valence-electron chi connectivity index (χ1n) is 11.1. The van der Waals surface area contributed by atoms with Crippen LogP contribution in [0.15, 0.2) is 76.5 Å². The number of hydrogen-bond donors (Lipinski definition) is 2. The number of methoxy groups -OCH3 is 1. The van der Waals surface area contributed by atoms with Crippen LogP contribution in [0.2, 0.25) is 0 Å². The van der Waals surface area contributed by atoms with Crippen LogP contribution >= 0.6 is 0 Å². The van der Waals surface area contributed by atoms with Gasteiger partial charge in [-0.2, -0.15) is 10.4 Å². The lowest BCUT2D eigenvalue weighted by atomic mass is 9.88. The van der Waals surface area contributed by atoms with Crippen molar-refractivity contribution in [2.75, 3.05) is 7.11 Å². The van der Waals surface area contributed by atoms with Crippen molar-refractivity contribution in [3.63, 3.8) is 0 Å². The van der Waals surface area contributed by atoms with E-state index in [0.717, 1.165) is 0 Å². The maximum Gasteiger partial charge on any atom is 0.337 e. The smallest absolute Gasteiger partial charge is 0.337 e. The molecule has 1 unspecified atom stereocenters. The number of hydrogen-bond acceptors (Lipinski definition) is 8. The molecular weight excluding hydrogens is 476 g/mol. The van der Waals surface area contributed by atoms with Crippen LogP contribution in [0.25, 0.3) is 17.0 Å². The number of ether oxygens (including phenoxy) is 2. The van der Waals surface area contributed by atoms with Gasteiger partial charge in [0.1, 0.15) is 23.2 Å². The standard InChI is InChI=1S/C27H20N4O6/c1-14-22-23(21-10-9-20(36-21)15-5-3-7-17(11-15)27(34)35-2)19(13-28)24(29)37-25(22)31(30-14)18-8-4-6-16(12-18)26(32)33/h3-12,23H,29H2,1-2H3,(H,32,33). The van der Waals surface area contributed by atoms with Crippen LogP contribution in [-0.2, 0) is 4.74 Å². The summed E-state index contributed by atoms with van der Waals surface area (Å²) in [5.74, 6) is -1.23. The molecule has 1 aliphatic heterocycles. The molecule has 10 nitrogen and oxygen atoms in total. The summed E-state index contributed by atoms with van der Waals surface area (Å²) < 4.78 is 18.3. The zero-order chi connectivity index (χ0) is 26.3. The molecular formula is C27H20N4O6. The minimum atomic E-state index is -1.08. The van der Waals surface area contributed by atoms with Gasteiger partial charge in [0.15, 0.2) is 0 Å². The van der Waals surface area contributed by atoms with Crippen LogP contribution < -0.4 is 10.5 Å². The van der Waals surface area contributed by atoms with Crippen LogP contribution in [0, 0.1) is 18.3 Å². The summed E-state index contributed by atoms with van der Waals surface area (Å²) in [6.07, 6.45) is 0. The number of nitriles is 1. The maximum atomic E-state index is 12.0. The van der Waals surface area contributed by atoms with Crippen molar-refractivity contribution in [3.05, 3.63) is 100 Å².